The molecular formula is C27H19N5O9. The number of hydrogen-bond acceptors (Lipinski definition) is 11. The molecule has 1 spiro atoms. The van der Waals surface area contributed by atoms with E-state index in [9.17, 15) is 39.3 Å². The van der Waals surface area contributed by atoms with Gasteiger partial charge in [-0.25, -0.2) is 5.43 Å². The van der Waals surface area contributed by atoms with Crippen LogP contribution in [-0.4, -0.2) is 62.7 Å². The standard InChI is InChI=1S/C27H19N5O9/c1-41-12-6-11(33)14-15(19(12)34)21(36)17-16(20(14)35)23(38)27(24(17)39)3-2-8-4-9-5-10(7-30-32-26(28)29)31-25(40)13(9)22(37)18(8)27/h4-7,35-37H,2-3H2,1H3,(H,31,40)(H4,28,29,32). The number of nitrogens with zero attached hydrogens (tertiary/aromatic N) is 1. The lowest BCUT2D eigenvalue weighted by Gasteiger charge is -2.22. The smallest absolute Gasteiger partial charge is 0.260 e. The van der Waals surface area contributed by atoms with E-state index in [1.807, 2.05) is 0 Å². The SMILES string of the molecule is COC1=CC(=O)c2c(O)c3c(c(O)c2C1=O)C(=O)C1(CCc2cc4cc(C=NNC(=N)N)[nH]c(=O)c4c(O)c21)C3=O. The predicted molar refractivity (Wildman–Crippen MR) is 141 cm³/mol. The van der Waals surface area contributed by atoms with Crippen molar-refractivity contribution in [1.82, 2.24) is 10.4 Å². The number of methoxy groups -OCH3 is 1. The van der Waals surface area contributed by atoms with Crippen molar-refractivity contribution in [3.05, 3.63) is 73.4 Å². The molecule has 0 saturated heterocycles. The third-order valence-electron chi connectivity index (χ3n) is 7.65. The van der Waals surface area contributed by atoms with Gasteiger partial charge in [-0.1, -0.05) is 6.07 Å². The summed E-state index contributed by atoms with van der Waals surface area (Å²) in [6, 6.07) is 3.00. The van der Waals surface area contributed by atoms with Crippen LogP contribution in [0.25, 0.3) is 10.8 Å². The molecule has 8 N–H and O–H groups in total. The highest BCUT2D eigenvalue weighted by atomic mass is 16.5. The molecule has 0 fully saturated rings. The summed E-state index contributed by atoms with van der Waals surface area (Å²) in [6.45, 7) is 0. The molecule has 0 amide bonds. The number of phenolic OH excluding ortho intramolecular Hbond substituents is 3. The van der Waals surface area contributed by atoms with Crippen molar-refractivity contribution in [3.63, 3.8) is 0 Å². The number of carbonyl (C=O) groups is 4. The van der Waals surface area contributed by atoms with Crippen LogP contribution < -0.4 is 16.7 Å². The molecule has 41 heavy (non-hydrogen) atoms. The number of phenols is 3. The summed E-state index contributed by atoms with van der Waals surface area (Å²) in [7, 11) is 1.12. The predicted octanol–water partition coefficient (Wildman–Crippen LogP) is 0.634. The first kappa shape index (κ1) is 25.5. The largest absolute Gasteiger partial charge is 0.507 e. The Morgan fingerprint density at radius 3 is 2.34 bits per heavy atom. The van der Waals surface area contributed by atoms with Gasteiger partial charge < -0.3 is 30.8 Å². The average Bonchev–Trinajstić information content (AvgIpc) is 3.40. The highest BCUT2D eigenvalue weighted by molar-refractivity contribution is 6.38. The van der Waals surface area contributed by atoms with Crippen molar-refractivity contribution in [3.8, 4) is 17.2 Å². The number of pyridine rings is 1. The molecule has 0 bridgehead atoms. The van der Waals surface area contributed by atoms with E-state index in [0.717, 1.165) is 13.2 Å². The van der Waals surface area contributed by atoms with Crippen LogP contribution in [-0.2, 0) is 16.6 Å². The normalized spacial score (nSPS) is 19.1. The van der Waals surface area contributed by atoms with Crippen molar-refractivity contribution in [2.24, 2.45) is 10.8 Å². The molecule has 14 nitrogen and oxygen atoms in total. The molecule has 1 atom stereocenters. The van der Waals surface area contributed by atoms with E-state index < -0.39 is 85.3 Å². The van der Waals surface area contributed by atoms with E-state index >= 15 is 0 Å². The molecule has 1 aromatic heterocycles. The first-order valence-corrected chi connectivity index (χ1v) is 12.1. The maximum atomic E-state index is 14.0. The first-order chi connectivity index (χ1) is 19.4. The maximum absolute atomic E-state index is 14.0. The van der Waals surface area contributed by atoms with Crippen molar-refractivity contribution >= 4 is 46.1 Å². The second-order valence-corrected chi connectivity index (χ2v) is 9.73. The summed E-state index contributed by atoms with van der Waals surface area (Å²) >= 11 is 0. The van der Waals surface area contributed by atoms with E-state index in [4.69, 9.17) is 15.9 Å². The topological polar surface area (TPSA) is 245 Å². The number of aryl methyl sites for hydroxylation is 1. The molecule has 1 heterocycles. The van der Waals surface area contributed by atoms with Crippen LogP contribution >= 0.6 is 0 Å². The monoisotopic (exact) mass is 557 g/mol. The van der Waals surface area contributed by atoms with Gasteiger partial charge in [-0.3, -0.25) is 29.4 Å². The van der Waals surface area contributed by atoms with E-state index in [1.165, 1.54) is 18.3 Å². The Kier molecular flexibility index (Phi) is 5.19. The van der Waals surface area contributed by atoms with Gasteiger partial charge in [-0.2, -0.15) is 5.10 Å². The lowest BCUT2D eigenvalue weighted by atomic mass is 9.76. The molecule has 0 radical (unpaired) electrons. The summed E-state index contributed by atoms with van der Waals surface area (Å²) in [6.07, 6.45) is 1.91. The Balaban J connectivity index is 1.56. The Hall–Kier alpha value is -5.79. The third-order valence-corrected chi connectivity index (χ3v) is 7.65. The van der Waals surface area contributed by atoms with Crippen molar-refractivity contribution in [2.75, 3.05) is 7.11 Å². The fraction of sp³-hybridized carbons (Fsp3) is 0.148. The molecule has 1 unspecified atom stereocenters. The molecule has 3 aromatic rings. The van der Waals surface area contributed by atoms with Crippen molar-refractivity contribution < 1.29 is 39.2 Å². The summed E-state index contributed by atoms with van der Waals surface area (Å²) in [5.74, 6) is -7.28. The second-order valence-electron chi connectivity index (χ2n) is 9.73. The number of nitrogens with two attached hydrogens (primary N) is 1. The summed E-state index contributed by atoms with van der Waals surface area (Å²) in [5.41, 5.74) is 2.25. The Bertz CT molecular complexity index is 1970. The molecule has 2 aromatic carbocycles. The zero-order chi connectivity index (χ0) is 29.5. The second kappa shape index (κ2) is 8.35. The minimum atomic E-state index is -2.13. The number of carbonyl (C=O) groups excluding carboxylic acids is 4. The van der Waals surface area contributed by atoms with Gasteiger partial charge in [-0.15, -0.1) is 0 Å². The summed E-state index contributed by atoms with van der Waals surface area (Å²) in [4.78, 5) is 69.2. The lowest BCUT2D eigenvalue weighted by Crippen LogP contribution is -2.36. The van der Waals surface area contributed by atoms with Crippen molar-refractivity contribution in [1.29, 1.82) is 5.41 Å². The van der Waals surface area contributed by atoms with E-state index in [-0.39, 0.29) is 34.9 Å². The number of benzene rings is 2. The van der Waals surface area contributed by atoms with Gasteiger partial charge in [0.15, 0.2) is 23.1 Å². The van der Waals surface area contributed by atoms with Gasteiger partial charge in [0.2, 0.25) is 11.7 Å². The van der Waals surface area contributed by atoms with Crippen LogP contribution in [0, 0.1) is 5.41 Å². The number of H-pyrrole nitrogens is 1. The molecule has 14 heteroatoms. The summed E-state index contributed by atoms with van der Waals surface area (Å²) in [5, 5.41) is 44.4. The number of ketones is 4. The number of hydrogen-bond donors (Lipinski definition) is 7. The molecule has 206 valence electrons. The Morgan fingerprint density at radius 1 is 1.05 bits per heavy atom. The number of rotatable bonds is 3. The Morgan fingerprint density at radius 2 is 1.71 bits per heavy atom. The van der Waals surface area contributed by atoms with E-state index in [0.29, 0.717) is 5.56 Å². The fourth-order valence-electron chi connectivity index (χ4n) is 6.00. The number of hydrazone groups is 1. The number of fused-ring (bicyclic) bond motifs is 5. The first-order valence-electron chi connectivity index (χ1n) is 12.1. The molecule has 0 saturated carbocycles. The highest BCUT2D eigenvalue weighted by Crippen LogP contribution is 2.57. The number of nitrogens with one attached hydrogen (secondary N) is 3. The number of aromatic hydroxyl groups is 3. The molecule has 0 aliphatic heterocycles. The van der Waals surface area contributed by atoms with Gasteiger partial charge in [0.05, 0.1) is 46.7 Å². The number of Topliss-reactive ketones (excluding diaryl/α,β-unsaturated/α-hetero) is 3. The van der Waals surface area contributed by atoms with Gasteiger partial charge in [0.1, 0.15) is 22.7 Å². The fourth-order valence-corrected chi connectivity index (χ4v) is 6.00. The number of guanidine groups is 1. The highest BCUT2D eigenvalue weighted by Gasteiger charge is 2.61. The minimum absolute atomic E-state index is 0.0981. The number of ether oxygens (including phenoxy) is 1. The van der Waals surface area contributed by atoms with Crippen LogP contribution in [0.15, 0.2) is 33.9 Å². The van der Waals surface area contributed by atoms with E-state index in [2.05, 4.69) is 15.5 Å². The van der Waals surface area contributed by atoms with Gasteiger partial charge in [0.25, 0.3) is 5.56 Å². The van der Waals surface area contributed by atoms with E-state index in [1.54, 1.807) is 0 Å². The van der Waals surface area contributed by atoms with Crippen LogP contribution in [0.5, 0.6) is 17.2 Å². The average molecular weight is 557 g/mol. The van der Waals surface area contributed by atoms with Crippen LogP contribution in [0.2, 0.25) is 0 Å². The third kappa shape index (κ3) is 3.15. The van der Waals surface area contributed by atoms with Crippen LogP contribution in [0.1, 0.15) is 64.7 Å². The zero-order valence-electron chi connectivity index (χ0n) is 21.0. The van der Waals surface area contributed by atoms with Crippen molar-refractivity contribution in [2.45, 2.75) is 18.3 Å². The van der Waals surface area contributed by atoms with Crippen LogP contribution in [0.3, 0.4) is 0 Å². The number of aromatic amines is 1. The number of allylic oxidation sites excluding steroid dienone is 2. The van der Waals surface area contributed by atoms with Gasteiger partial charge >= 0.3 is 0 Å². The summed E-state index contributed by atoms with van der Waals surface area (Å²) < 4.78 is 4.89. The number of aromatic nitrogens is 1. The molecule has 3 aliphatic carbocycles. The quantitative estimate of drug-likeness (QED) is 0.0774. The molecule has 6 rings (SSSR count). The maximum Gasteiger partial charge on any atom is 0.260 e. The zero-order valence-corrected chi connectivity index (χ0v) is 21.0. The van der Waals surface area contributed by atoms with Gasteiger partial charge in [-0.05, 0) is 29.9 Å². The lowest BCUT2D eigenvalue weighted by molar-refractivity contribution is 0.0790. The molecule has 3 aliphatic rings. The Labute approximate surface area is 228 Å². The minimum Gasteiger partial charge on any atom is -0.507 e. The van der Waals surface area contributed by atoms with Gasteiger partial charge in [0, 0.05) is 11.6 Å². The molecular weight excluding hydrogens is 538 g/mol. The van der Waals surface area contributed by atoms with Crippen LogP contribution in [0.4, 0.5) is 0 Å².